The summed E-state index contributed by atoms with van der Waals surface area (Å²) in [4.78, 5) is 15.5. The Morgan fingerprint density at radius 2 is 2.00 bits per heavy atom. The molecule has 4 heteroatoms. The van der Waals surface area contributed by atoms with Crippen LogP contribution in [0.25, 0.3) is 10.9 Å². The van der Waals surface area contributed by atoms with Gasteiger partial charge < -0.3 is 10.3 Å². The molecule has 24 heavy (non-hydrogen) atoms. The van der Waals surface area contributed by atoms with Crippen molar-refractivity contribution in [2.75, 3.05) is 6.54 Å². The van der Waals surface area contributed by atoms with Gasteiger partial charge in [0, 0.05) is 29.1 Å². The van der Waals surface area contributed by atoms with Crippen LogP contribution in [0, 0.1) is 5.82 Å². The molecule has 122 valence electrons. The lowest BCUT2D eigenvalue weighted by Crippen LogP contribution is -2.33. The lowest BCUT2D eigenvalue weighted by molar-refractivity contribution is -0.120. The molecule has 1 aliphatic rings. The van der Waals surface area contributed by atoms with Crippen molar-refractivity contribution >= 4 is 16.8 Å². The molecule has 1 amide bonds. The third-order valence-corrected chi connectivity index (χ3v) is 4.94. The molecular formula is C20H19FN2O. The van der Waals surface area contributed by atoms with Gasteiger partial charge in [0.15, 0.2) is 0 Å². The number of hydrogen-bond donors (Lipinski definition) is 2. The molecule has 3 aromatic rings. The first kappa shape index (κ1) is 14.9. The zero-order valence-electron chi connectivity index (χ0n) is 13.3. The molecule has 1 aromatic heterocycles. The van der Waals surface area contributed by atoms with Gasteiger partial charge in [-0.25, -0.2) is 4.39 Å². The summed E-state index contributed by atoms with van der Waals surface area (Å²) in [5.74, 6) is -0.216. The van der Waals surface area contributed by atoms with Crippen LogP contribution in [0.4, 0.5) is 4.39 Å². The number of amides is 1. The van der Waals surface area contributed by atoms with Gasteiger partial charge >= 0.3 is 0 Å². The van der Waals surface area contributed by atoms with E-state index in [0.717, 1.165) is 34.9 Å². The van der Waals surface area contributed by atoms with E-state index >= 15 is 0 Å². The zero-order chi connectivity index (χ0) is 16.6. The van der Waals surface area contributed by atoms with Gasteiger partial charge in [-0.2, -0.15) is 0 Å². The molecule has 1 heterocycles. The number of aromatic amines is 1. The summed E-state index contributed by atoms with van der Waals surface area (Å²) in [6, 6.07) is 14.7. The van der Waals surface area contributed by atoms with Gasteiger partial charge in [0.2, 0.25) is 5.91 Å². The number of fused-ring (bicyclic) bond motifs is 1. The monoisotopic (exact) mass is 322 g/mol. The van der Waals surface area contributed by atoms with Crippen molar-refractivity contribution in [3.63, 3.8) is 0 Å². The fourth-order valence-electron chi connectivity index (χ4n) is 3.32. The Kier molecular flexibility index (Phi) is 3.60. The van der Waals surface area contributed by atoms with Gasteiger partial charge in [0.1, 0.15) is 5.82 Å². The number of hydrogen-bond acceptors (Lipinski definition) is 1. The smallest absolute Gasteiger partial charge is 0.224 e. The first-order valence-corrected chi connectivity index (χ1v) is 8.24. The minimum Gasteiger partial charge on any atom is -0.361 e. The van der Waals surface area contributed by atoms with Crippen molar-refractivity contribution in [3.8, 4) is 0 Å². The van der Waals surface area contributed by atoms with Gasteiger partial charge in [-0.15, -0.1) is 0 Å². The summed E-state index contributed by atoms with van der Waals surface area (Å²) in [7, 11) is 0. The predicted molar refractivity (Wildman–Crippen MR) is 92.3 cm³/mol. The number of rotatable bonds is 5. The molecule has 1 aliphatic carbocycles. The molecular weight excluding hydrogens is 303 g/mol. The van der Waals surface area contributed by atoms with Crippen molar-refractivity contribution in [2.45, 2.75) is 24.7 Å². The minimum absolute atomic E-state index is 0.00225. The van der Waals surface area contributed by atoms with Crippen molar-refractivity contribution in [1.29, 1.82) is 0 Å². The maximum atomic E-state index is 13.4. The molecule has 0 saturated heterocycles. The van der Waals surface area contributed by atoms with Crippen LogP contribution < -0.4 is 5.32 Å². The fourth-order valence-corrected chi connectivity index (χ4v) is 3.32. The standard InChI is InChI=1S/C20H19FN2O/c21-16-5-3-4-15(11-16)20(8-9-20)13-23-19(24)10-14-12-22-18-7-2-1-6-17(14)18/h1-7,11-12,22H,8-10,13H2,(H,23,24). The predicted octanol–water partition coefficient (Wildman–Crippen LogP) is 3.70. The number of carbonyl (C=O) groups excluding carboxylic acids is 1. The summed E-state index contributed by atoms with van der Waals surface area (Å²) in [5, 5.41) is 4.11. The Morgan fingerprint density at radius 1 is 1.17 bits per heavy atom. The topological polar surface area (TPSA) is 44.9 Å². The SMILES string of the molecule is O=C(Cc1c[nH]c2ccccc12)NCC1(c2cccc(F)c2)CC1. The Balaban J connectivity index is 1.42. The lowest BCUT2D eigenvalue weighted by Gasteiger charge is -2.16. The van der Waals surface area contributed by atoms with Crippen LogP contribution in [0.5, 0.6) is 0 Å². The average Bonchev–Trinajstić information content (AvgIpc) is 3.29. The highest BCUT2D eigenvalue weighted by Gasteiger charge is 2.44. The van der Waals surface area contributed by atoms with Gasteiger partial charge in [0.05, 0.1) is 6.42 Å². The molecule has 1 fully saturated rings. The number of H-pyrrole nitrogens is 1. The van der Waals surface area contributed by atoms with Crippen LogP contribution in [0.3, 0.4) is 0 Å². The van der Waals surface area contributed by atoms with E-state index in [1.54, 1.807) is 12.1 Å². The van der Waals surface area contributed by atoms with Gasteiger partial charge in [-0.05, 0) is 42.2 Å². The highest BCUT2D eigenvalue weighted by atomic mass is 19.1. The molecule has 0 spiro atoms. The van der Waals surface area contributed by atoms with E-state index in [4.69, 9.17) is 0 Å². The fraction of sp³-hybridized carbons (Fsp3) is 0.250. The largest absolute Gasteiger partial charge is 0.361 e. The molecule has 2 aromatic carbocycles. The summed E-state index contributed by atoms with van der Waals surface area (Å²) in [5.41, 5.74) is 2.94. The van der Waals surface area contributed by atoms with Crippen LogP contribution in [0.1, 0.15) is 24.0 Å². The Morgan fingerprint density at radius 3 is 2.79 bits per heavy atom. The molecule has 3 nitrogen and oxygen atoms in total. The second kappa shape index (κ2) is 5.78. The second-order valence-corrected chi connectivity index (χ2v) is 6.60. The number of halogens is 1. The van der Waals surface area contributed by atoms with Crippen LogP contribution in [-0.2, 0) is 16.6 Å². The molecule has 0 atom stereocenters. The first-order valence-electron chi connectivity index (χ1n) is 8.24. The number of para-hydroxylation sites is 1. The highest BCUT2D eigenvalue weighted by molar-refractivity contribution is 5.88. The molecule has 1 saturated carbocycles. The Labute approximate surface area is 139 Å². The molecule has 0 radical (unpaired) electrons. The number of benzene rings is 2. The van der Waals surface area contributed by atoms with Crippen molar-refractivity contribution in [1.82, 2.24) is 10.3 Å². The Hall–Kier alpha value is -2.62. The van der Waals surface area contributed by atoms with Crippen LogP contribution in [0.2, 0.25) is 0 Å². The highest BCUT2D eigenvalue weighted by Crippen LogP contribution is 2.47. The first-order chi connectivity index (χ1) is 11.7. The van der Waals surface area contributed by atoms with Crippen molar-refractivity contribution in [2.24, 2.45) is 0 Å². The lowest BCUT2D eigenvalue weighted by atomic mass is 9.95. The third kappa shape index (κ3) is 2.80. The molecule has 2 N–H and O–H groups in total. The number of nitrogens with one attached hydrogen (secondary N) is 2. The maximum Gasteiger partial charge on any atom is 0.224 e. The van der Waals surface area contributed by atoms with Crippen molar-refractivity contribution in [3.05, 3.63) is 71.7 Å². The molecule has 4 rings (SSSR count). The Bertz CT molecular complexity index is 895. The summed E-state index contributed by atoms with van der Waals surface area (Å²) < 4.78 is 13.4. The quantitative estimate of drug-likeness (QED) is 0.739. The zero-order valence-corrected chi connectivity index (χ0v) is 13.3. The van der Waals surface area contributed by atoms with E-state index in [2.05, 4.69) is 10.3 Å². The molecule has 0 aliphatic heterocycles. The summed E-state index contributed by atoms with van der Waals surface area (Å²) in [6.07, 6.45) is 4.22. The minimum atomic E-state index is -0.219. The summed E-state index contributed by atoms with van der Waals surface area (Å²) >= 11 is 0. The van der Waals surface area contributed by atoms with Crippen LogP contribution in [0.15, 0.2) is 54.7 Å². The van der Waals surface area contributed by atoms with Gasteiger partial charge in [0.25, 0.3) is 0 Å². The van der Waals surface area contributed by atoms with E-state index in [1.165, 1.54) is 6.07 Å². The van der Waals surface area contributed by atoms with E-state index < -0.39 is 0 Å². The summed E-state index contributed by atoms with van der Waals surface area (Å²) in [6.45, 7) is 0.567. The van der Waals surface area contributed by atoms with E-state index in [0.29, 0.717) is 13.0 Å². The maximum absolute atomic E-state index is 13.4. The van der Waals surface area contributed by atoms with Gasteiger partial charge in [-0.3, -0.25) is 4.79 Å². The normalized spacial score (nSPS) is 15.4. The van der Waals surface area contributed by atoms with E-state index in [9.17, 15) is 9.18 Å². The van der Waals surface area contributed by atoms with E-state index in [-0.39, 0.29) is 17.1 Å². The third-order valence-electron chi connectivity index (χ3n) is 4.94. The van der Waals surface area contributed by atoms with Crippen LogP contribution >= 0.6 is 0 Å². The average molecular weight is 322 g/mol. The second-order valence-electron chi connectivity index (χ2n) is 6.60. The van der Waals surface area contributed by atoms with E-state index in [1.807, 2.05) is 36.5 Å². The molecule has 0 unspecified atom stereocenters. The van der Waals surface area contributed by atoms with Crippen LogP contribution in [-0.4, -0.2) is 17.4 Å². The molecule has 0 bridgehead atoms. The number of aromatic nitrogens is 1. The van der Waals surface area contributed by atoms with Gasteiger partial charge in [-0.1, -0.05) is 30.3 Å². The number of carbonyl (C=O) groups is 1. The van der Waals surface area contributed by atoms with Crippen molar-refractivity contribution < 1.29 is 9.18 Å².